The van der Waals surface area contributed by atoms with Gasteiger partial charge in [0.25, 0.3) is 5.91 Å². The number of halogens is 1. The molecule has 2 aliphatic rings. The lowest BCUT2D eigenvalue weighted by molar-refractivity contribution is -0.117. The van der Waals surface area contributed by atoms with Gasteiger partial charge in [-0.2, -0.15) is 5.10 Å². The van der Waals surface area contributed by atoms with Crippen LogP contribution in [0.5, 0.6) is 0 Å². The molecule has 2 saturated heterocycles. The second-order valence-corrected chi connectivity index (χ2v) is 6.58. The number of benzene rings is 1. The standard InChI is InChI=1S/C17H17FN4O2/c18-12-1-3-13(4-2-12)22-11-17(9-15(22)23)6-8-21(10-17)16(24)14-5-7-19-20-14/h1-5,7H,6,8-11H2,(H,19,20). The zero-order valence-electron chi connectivity index (χ0n) is 13.0. The van der Waals surface area contributed by atoms with Crippen LogP contribution in [0.4, 0.5) is 10.1 Å². The van der Waals surface area contributed by atoms with E-state index in [1.54, 1.807) is 34.2 Å². The molecule has 0 aliphatic carbocycles. The number of nitrogens with zero attached hydrogens (tertiary/aromatic N) is 3. The van der Waals surface area contributed by atoms with E-state index in [2.05, 4.69) is 10.2 Å². The van der Waals surface area contributed by atoms with Gasteiger partial charge in [-0.3, -0.25) is 14.7 Å². The topological polar surface area (TPSA) is 69.3 Å². The van der Waals surface area contributed by atoms with Crippen molar-refractivity contribution in [1.82, 2.24) is 15.1 Å². The number of carbonyl (C=O) groups excluding carboxylic acids is 2. The van der Waals surface area contributed by atoms with Gasteiger partial charge in [-0.1, -0.05) is 0 Å². The van der Waals surface area contributed by atoms with Gasteiger partial charge in [0, 0.05) is 43.4 Å². The minimum Gasteiger partial charge on any atom is -0.337 e. The number of amides is 2. The molecule has 3 heterocycles. The Morgan fingerprint density at radius 1 is 1.21 bits per heavy atom. The maximum atomic E-state index is 13.1. The Morgan fingerprint density at radius 3 is 2.71 bits per heavy atom. The molecule has 1 aromatic carbocycles. The third kappa shape index (κ3) is 2.46. The number of hydrogen-bond donors (Lipinski definition) is 1. The first-order valence-corrected chi connectivity index (χ1v) is 7.91. The number of aromatic nitrogens is 2. The van der Waals surface area contributed by atoms with Crippen LogP contribution in [-0.2, 0) is 4.79 Å². The molecule has 0 saturated carbocycles. The van der Waals surface area contributed by atoms with Crippen molar-refractivity contribution in [3.63, 3.8) is 0 Å². The first kappa shape index (κ1) is 14.9. The molecule has 2 fully saturated rings. The first-order chi connectivity index (χ1) is 11.6. The zero-order chi connectivity index (χ0) is 16.7. The fraction of sp³-hybridized carbons (Fsp3) is 0.353. The summed E-state index contributed by atoms with van der Waals surface area (Å²) in [6.07, 6.45) is 2.75. The van der Waals surface area contributed by atoms with Gasteiger partial charge in [0.15, 0.2) is 0 Å². The summed E-state index contributed by atoms with van der Waals surface area (Å²) in [5.41, 5.74) is 0.949. The summed E-state index contributed by atoms with van der Waals surface area (Å²) in [5, 5.41) is 6.50. The van der Waals surface area contributed by atoms with Gasteiger partial charge in [-0.15, -0.1) is 0 Å². The molecule has 0 bridgehead atoms. The second-order valence-electron chi connectivity index (χ2n) is 6.58. The molecule has 124 valence electrons. The van der Waals surface area contributed by atoms with E-state index in [0.29, 0.717) is 37.4 Å². The van der Waals surface area contributed by atoms with Gasteiger partial charge in [0.1, 0.15) is 11.5 Å². The Bertz CT molecular complexity index is 774. The summed E-state index contributed by atoms with van der Waals surface area (Å²) in [5.74, 6) is -0.383. The molecule has 24 heavy (non-hydrogen) atoms. The summed E-state index contributed by atoms with van der Waals surface area (Å²) < 4.78 is 13.1. The maximum Gasteiger partial charge on any atom is 0.271 e. The summed E-state index contributed by atoms with van der Waals surface area (Å²) in [6, 6.07) is 7.61. The Labute approximate surface area is 138 Å². The van der Waals surface area contributed by atoms with E-state index in [4.69, 9.17) is 0 Å². The Morgan fingerprint density at radius 2 is 2.00 bits per heavy atom. The number of hydrogen-bond acceptors (Lipinski definition) is 3. The van der Waals surface area contributed by atoms with Crippen molar-refractivity contribution in [2.24, 2.45) is 5.41 Å². The van der Waals surface area contributed by atoms with Gasteiger partial charge in [-0.05, 0) is 36.8 Å². The number of likely N-dealkylation sites (tertiary alicyclic amines) is 1. The van der Waals surface area contributed by atoms with Crippen molar-refractivity contribution in [1.29, 1.82) is 0 Å². The summed E-state index contributed by atoms with van der Waals surface area (Å²) in [4.78, 5) is 28.3. The van der Waals surface area contributed by atoms with Crippen molar-refractivity contribution in [3.8, 4) is 0 Å². The molecule has 0 radical (unpaired) electrons. The van der Waals surface area contributed by atoms with Gasteiger partial charge < -0.3 is 9.80 Å². The minimum absolute atomic E-state index is 0.0254. The zero-order valence-corrected chi connectivity index (χ0v) is 13.0. The van der Waals surface area contributed by atoms with Crippen molar-refractivity contribution in [2.75, 3.05) is 24.5 Å². The molecule has 2 aromatic rings. The number of rotatable bonds is 2. The highest BCUT2D eigenvalue weighted by molar-refractivity contribution is 5.97. The molecule has 2 amide bonds. The van der Waals surface area contributed by atoms with Gasteiger partial charge in [-0.25, -0.2) is 4.39 Å². The maximum absolute atomic E-state index is 13.1. The second kappa shape index (κ2) is 5.43. The van der Waals surface area contributed by atoms with Crippen LogP contribution in [0.1, 0.15) is 23.3 Å². The smallest absolute Gasteiger partial charge is 0.271 e. The van der Waals surface area contributed by atoms with Crippen LogP contribution >= 0.6 is 0 Å². The van der Waals surface area contributed by atoms with Crippen LogP contribution in [0.3, 0.4) is 0 Å². The summed E-state index contributed by atoms with van der Waals surface area (Å²) in [7, 11) is 0. The van der Waals surface area contributed by atoms with E-state index in [-0.39, 0.29) is 23.0 Å². The van der Waals surface area contributed by atoms with Crippen LogP contribution in [-0.4, -0.2) is 46.5 Å². The molecule has 1 N–H and O–H groups in total. The van der Waals surface area contributed by atoms with E-state index >= 15 is 0 Å². The van der Waals surface area contributed by atoms with Crippen LogP contribution in [0.2, 0.25) is 0 Å². The third-order valence-electron chi connectivity index (χ3n) is 4.92. The van der Waals surface area contributed by atoms with Crippen molar-refractivity contribution >= 4 is 17.5 Å². The van der Waals surface area contributed by atoms with Crippen LogP contribution < -0.4 is 4.90 Å². The average molecular weight is 328 g/mol. The number of H-pyrrole nitrogens is 1. The molecule has 1 spiro atoms. The quantitative estimate of drug-likeness (QED) is 0.914. The Kier molecular flexibility index (Phi) is 3.37. The first-order valence-electron chi connectivity index (χ1n) is 7.91. The Hall–Kier alpha value is -2.70. The third-order valence-corrected chi connectivity index (χ3v) is 4.92. The lowest BCUT2D eigenvalue weighted by Gasteiger charge is -2.24. The Balaban J connectivity index is 1.50. The molecule has 4 rings (SSSR count). The number of aromatic amines is 1. The number of anilines is 1. The van der Waals surface area contributed by atoms with Crippen molar-refractivity contribution in [2.45, 2.75) is 12.8 Å². The highest BCUT2D eigenvalue weighted by Gasteiger charge is 2.48. The van der Waals surface area contributed by atoms with E-state index in [1.165, 1.54) is 12.1 Å². The minimum atomic E-state index is -0.322. The average Bonchev–Trinajstić information content (AvgIpc) is 3.29. The lowest BCUT2D eigenvalue weighted by atomic mass is 9.86. The molecule has 1 atom stereocenters. The predicted octanol–water partition coefficient (Wildman–Crippen LogP) is 1.82. The monoisotopic (exact) mass is 328 g/mol. The molecule has 7 heteroatoms. The fourth-order valence-electron chi connectivity index (χ4n) is 3.68. The summed E-state index contributed by atoms with van der Waals surface area (Å²) in [6.45, 7) is 1.74. The van der Waals surface area contributed by atoms with E-state index < -0.39 is 0 Å². The largest absolute Gasteiger partial charge is 0.337 e. The highest BCUT2D eigenvalue weighted by Crippen LogP contribution is 2.42. The SMILES string of the molecule is O=C(c1ccn[nH]1)N1CCC2(CC(=O)N(c3ccc(F)cc3)C2)C1. The molecular formula is C17H17FN4O2. The van der Waals surface area contributed by atoms with Crippen molar-refractivity contribution in [3.05, 3.63) is 48.0 Å². The number of carbonyl (C=O) groups is 2. The fourth-order valence-corrected chi connectivity index (χ4v) is 3.68. The molecule has 1 aromatic heterocycles. The molecule has 6 nitrogen and oxygen atoms in total. The van der Waals surface area contributed by atoms with Crippen LogP contribution in [0.15, 0.2) is 36.5 Å². The van der Waals surface area contributed by atoms with Gasteiger partial charge >= 0.3 is 0 Å². The van der Waals surface area contributed by atoms with Gasteiger partial charge in [0.2, 0.25) is 5.91 Å². The van der Waals surface area contributed by atoms with E-state index in [0.717, 1.165) is 6.42 Å². The highest BCUT2D eigenvalue weighted by atomic mass is 19.1. The van der Waals surface area contributed by atoms with Crippen LogP contribution in [0, 0.1) is 11.2 Å². The normalized spacial score (nSPS) is 23.5. The van der Waals surface area contributed by atoms with Gasteiger partial charge in [0.05, 0.1) is 0 Å². The molecular weight excluding hydrogens is 311 g/mol. The van der Waals surface area contributed by atoms with Crippen molar-refractivity contribution < 1.29 is 14.0 Å². The predicted molar refractivity (Wildman–Crippen MR) is 84.9 cm³/mol. The molecule has 2 aliphatic heterocycles. The summed E-state index contributed by atoms with van der Waals surface area (Å²) >= 11 is 0. The molecule has 1 unspecified atom stereocenters. The number of nitrogens with one attached hydrogen (secondary N) is 1. The van der Waals surface area contributed by atoms with Crippen LogP contribution in [0.25, 0.3) is 0 Å². The van der Waals surface area contributed by atoms with E-state index in [9.17, 15) is 14.0 Å². The lowest BCUT2D eigenvalue weighted by Crippen LogP contribution is -2.34. The van der Waals surface area contributed by atoms with E-state index in [1.807, 2.05) is 0 Å².